The van der Waals surface area contributed by atoms with E-state index < -0.39 is 12.0 Å². The molecule has 4 nitrogen and oxygen atoms in total. The van der Waals surface area contributed by atoms with E-state index in [4.69, 9.17) is 0 Å². The quantitative estimate of drug-likeness (QED) is 0.775. The predicted octanol–water partition coefficient (Wildman–Crippen LogP) is 3.95. The lowest BCUT2D eigenvalue weighted by Gasteiger charge is -2.25. The van der Waals surface area contributed by atoms with Gasteiger partial charge in [-0.1, -0.05) is 56.3 Å². The number of benzene rings is 2. The topological polar surface area (TPSA) is 58.2 Å². The molecule has 0 radical (unpaired) electrons. The average molecular weight is 370 g/mol. The molecule has 0 saturated carbocycles. The van der Waals surface area contributed by atoms with Gasteiger partial charge < -0.3 is 10.6 Å². The van der Waals surface area contributed by atoms with E-state index in [0.29, 0.717) is 5.56 Å². The van der Waals surface area contributed by atoms with Gasteiger partial charge in [0.25, 0.3) is 0 Å². The van der Waals surface area contributed by atoms with Crippen molar-refractivity contribution >= 4 is 11.8 Å². The van der Waals surface area contributed by atoms with Gasteiger partial charge in [0.15, 0.2) is 0 Å². The molecule has 0 fully saturated rings. The van der Waals surface area contributed by atoms with E-state index in [0.717, 1.165) is 5.56 Å². The number of halogens is 1. The van der Waals surface area contributed by atoms with Gasteiger partial charge >= 0.3 is 0 Å². The van der Waals surface area contributed by atoms with Crippen molar-refractivity contribution < 1.29 is 14.0 Å². The van der Waals surface area contributed by atoms with Crippen LogP contribution in [0.1, 0.15) is 50.8 Å². The van der Waals surface area contributed by atoms with E-state index >= 15 is 0 Å². The lowest BCUT2D eigenvalue weighted by atomic mass is 9.87. The van der Waals surface area contributed by atoms with Crippen LogP contribution in [-0.2, 0) is 9.59 Å². The smallest absolute Gasteiger partial charge is 0.247 e. The summed E-state index contributed by atoms with van der Waals surface area (Å²) in [4.78, 5) is 25.7. The second-order valence-corrected chi connectivity index (χ2v) is 7.29. The zero-order valence-electron chi connectivity index (χ0n) is 16.2. The maximum atomic E-state index is 13.3. The van der Waals surface area contributed by atoms with Gasteiger partial charge in [-0.25, -0.2) is 4.39 Å². The lowest BCUT2D eigenvalue weighted by molar-refractivity contribution is -0.130. The van der Waals surface area contributed by atoms with Crippen LogP contribution in [0.2, 0.25) is 0 Å². The summed E-state index contributed by atoms with van der Waals surface area (Å²) < 4.78 is 13.3. The van der Waals surface area contributed by atoms with Crippen LogP contribution < -0.4 is 10.6 Å². The Bertz CT molecular complexity index is 758. The van der Waals surface area contributed by atoms with Gasteiger partial charge in [0, 0.05) is 6.04 Å². The molecule has 144 valence electrons. The minimum atomic E-state index is -0.789. The monoisotopic (exact) mass is 370 g/mol. The first-order chi connectivity index (χ1) is 12.8. The van der Waals surface area contributed by atoms with Crippen LogP contribution in [0.25, 0.3) is 0 Å². The summed E-state index contributed by atoms with van der Waals surface area (Å²) in [5.41, 5.74) is 1.44. The number of nitrogens with one attached hydrogen (secondary N) is 2. The summed E-state index contributed by atoms with van der Waals surface area (Å²) in [5, 5.41) is 5.75. The molecule has 0 heterocycles. The van der Waals surface area contributed by atoms with E-state index in [2.05, 4.69) is 10.6 Å². The molecule has 0 bridgehead atoms. The Balaban J connectivity index is 2.29. The highest BCUT2D eigenvalue weighted by molar-refractivity contribution is 5.91. The van der Waals surface area contributed by atoms with Crippen LogP contribution in [0, 0.1) is 11.7 Å². The first-order valence-electron chi connectivity index (χ1n) is 9.20. The van der Waals surface area contributed by atoms with Crippen molar-refractivity contribution in [2.45, 2.75) is 45.7 Å². The molecule has 0 saturated heterocycles. The van der Waals surface area contributed by atoms with Crippen LogP contribution in [-0.4, -0.2) is 17.9 Å². The number of carbonyl (C=O) groups is 2. The Morgan fingerprint density at radius 1 is 0.778 bits per heavy atom. The molecule has 2 aromatic carbocycles. The Morgan fingerprint density at radius 2 is 1.37 bits per heavy atom. The molecule has 2 atom stereocenters. The second-order valence-electron chi connectivity index (χ2n) is 7.29. The van der Waals surface area contributed by atoms with Crippen molar-refractivity contribution in [2.75, 3.05) is 0 Å². The van der Waals surface area contributed by atoms with Crippen molar-refractivity contribution in [3.8, 4) is 0 Å². The molecule has 0 aliphatic rings. The molecule has 27 heavy (non-hydrogen) atoms. The Labute approximate surface area is 160 Å². The summed E-state index contributed by atoms with van der Waals surface area (Å²) >= 11 is 0. The molecule has 1 unspecified atom stereocenters. The van der Waals surface area contributed by atoms with Crippen molar-refractivity contribution in [3.05, 3.63) is 71.5 Å². The van der Waals surface area contributed by atoms with Gasteiger partial charge in [0.05, 0.1) is 5.92 Å². The van der Waals surface area contributed by atoms with E-state index in [-0.39, 0.29) is 29.6 Å². The van der Waals surface area contributed by atoms with Crippen molar-refractivity contribution in [1.29, 1.82) is 0 Å². The highest BCUT2D eigenvalue weighted by Crippen LogP contribution is 2.26. The minimum absolute atomic E-state index is 0.0138. The highest BCUT2D eigenvalue weighted by atomic mass is 19.1. The Morgan fingerprint density at radius 3 is 1.89 bits per heavy atom. The number of amides is 2. The van der Waals surface area contributed by atoms with E-state index in [1.807, 2.05) is 58.0 Å². The van der Waals surface area contributed by atoms with Gasteiger partial charge in [-0.2, -0.15) is 0 Å². The zero-order chi connectivity index (χ0) is 20.0. The highest BCUT2D eigenvalue weighted by Gasteiger charge is 2.29. The van der Waals surface area contributed by atoms with Gasteiger partial charge in [0.2, 0.25) is 11.8 Å². The Hall–Kier alpha value is -2.69. The third-order valence-electron chi connectivity index (χ3n) is 4.29. The third kappa shape index (κ3) is 5.64. The summed E-state index contributed by atoms with van der Waals surface area (Å²) in [7, 11) is 0. The fourth-order valence-corrected chi connectivity index (χ4v) is 3.05. The van der Waals surface area contributed by atoms with Crippen molar-refractivity contribution in [3.63, 3.8) is 0 Å². The first-order valence-corrected chi connectivity index (χ1v) is 9.20. The molecule has 2 N–H and O–H groups in total. The molecule has 5 heteroatoms. The van der Waals surface area contributed by atoms with Crippen LogP contribution >= 0.6 is 0 Å². The number of hydrogen-bond donors (Lipinski definition) is 2. The number of hydrogen-bond acceptors (Lipinski definition) is 2. The van der Waals surface area contributed by atoms with Gasteiger partial charge in [-0.15, -0.1) is 0 Å². The van der Waals surface area contributed by atoms with Gasteiger partial charge in [-0.3, -0.25) is 9.59 Å². The predicted molar refractivity (Wildman–Crippen MR) is 105 cm³/mol. The van der Waals surface area contributed by atoms with Crippen LogP contribution in [0.3, 0.4) is 0 Å². The largest absolute Gasteiger partial charge is 0.352 e. The molecular formula is C22H27FN2O2. The van der Waals surface area contributed by atoms with E-state index in [1.165, 1.54) is 12.1 Å². The van der Waals surface area contributed by atoms with Gasteiger partial charge in [-0.05, 0) is 43.0 Å². The number of rotatable bonds is 7. The minimum Gasteiger partial charge on any atom is -0.352 e. The molecule has 2 aromatic rings. The van der Waals surface area contributed by atoms with Crippen LogP contribution in [0.5, 0.6) is 0 Å². The molecule has 0 aliphatic heterocycles. The molecule has 0 aliphatic carbocycles. The fourth-order valence-electron chi connectivity index (χ4n) is 3.05. The van der Waals surface area contributed by atoms with Crippen molar-refractivity contribution in [1.82, 2.24) is 10.6 Å². The number of carbonyl (C=O) groups excluding carboxylic acids is 2. The van der Waals surface area contributed by atoms with Crippen LogP contribution in [0.4, 0.5) is 4.39 Å². The molecule has 0 spiro atoms. The molecule has 2 rings (SSSR count). The summed E-state index contributed by atoms with van der Waals surface area (Å²) in [6, 6.07) is 14.2. The second kappa shape index (κ2) is 9.31. The normalized spacial score (nSPS) is 13.3. The third-order valence-corrected chi connectivity index (χ3v) is 4.29. The lowest BCUT2D eigenvalue weighted by Crippen LogP contribution is -2.44. The summed E-state index contributed by atoms with van der Waals surface area (Å²) in [5.74, 6) is -1.36. The van der Waals surface area contributed by atoms with Crippen molar-refractivity contribution in [2.24, 2.45) is 5.92 Å². The summed E-state index contributed by atoms with van der Waals surface area (Å²) in [6.45, 7) is 7.60. The van der Waals surface area contributed by atoms with Gasteiger partial charge in [0.1, 0.15) is 11.9 Å². The SMILES string of the molecule is CC(C)NC(=O)[C@@H](NC(=O)C(c1ccc(F)cc1)C(C)C)c1ccccc1. The summed E-state index contributed by atoms with van der Waals surface area (Å²) in [6.07, 6.45) is 0. The zero-order valence-corrected chi connectivity index (χ0v) is 16.2. The maximum Gasteiger partial charge on any atom is 0.247 e. The van der Waals surface area contributed by atoms with E-state index in [9.17, 15) is 14.0 Å². The average Bonchev–Trinajstić information content (AvgIpc) is 2.61. The molecule has 0 aromatic heterocycles. The fraction of sp³-hybridized carbons (Fsp3) is 0.364. The first kappa shape index (κ1) is 20.6. The molecule has 2 amide bonds. The molecular weight excluding hydrogens is 343 g/mol. The Kier molecular flexibility index (Phi) is 7.11. The standard InChI is InChI=1S/C22H27FN2O2/c1-14(2)19(16-10-12-18(23)13-11-16)21(26)25-20(22(27)24-15(3)4)17-8-6-5-7-9-17/h5-15,19-20H,1-4H3,(H,24,27)(H,25,26)/t19?,20-/m0/s1. The van der Waals surface area contributed by atoms with Crippen LogP contribution in [0.15, 0.2) is 54.6 Å². The van der Waals surface area contributed by atoms with E-state index in [1.54, 1.807) is 12.1 Å². The maximum absolute atomic E-state index is 13.3.